The lowest BCUT2D eigenvalue weighted by atomic mass is 10.1. The largest absolute Gasteiger partial charge is 0.497 e. The molecule has 0 aromatic heterocycles. The van der Waals surface area contributed by atoms with Gasteiger partial charge in [-0.05, 0) is 78.0 Å². The van der Waals surface area contributed by atoms with Gasteiger partial charge >= 0.3 is 0 Å². The van der Waals surface area contributed by atoms with Crippen LogP contribution in [0.5, 0.6) is 17.2 Å². The van der Waals surface area contributed by atoms with Crippen molar-refractivity contribution < 1.29 is 28.2 Å². The highest BCUT2D eigenvalue weighted by molar-refractivity contribution is 8.18. The molecular weight excluding hydrogens is 569 g/mol. The quantitative estimate of drug-likeness (QED) is 0.206. The first kappa shape index (κ1) is 29.4. The standard InChI is InChI=1S/C33H28FN3O5S/c1-40-27-17-11-22(12-18-27)20-37-32(39)29(43-33(37)36-25-8-4-3-5-9-25)19-23-7-6-10-28(41-2)31(23)42-21-30(38)35-26-15-13-24(34)14-16-26/h3-19H,20-21H2,1-2H3,(H,35,38)/b29-19-,36-33?. The molecule has 1 saturated heterocycles. The average molecular weight is 598 g/mol. The Morgan fingerprint density at radius 1 is 0.930 bits per heavy atom. The van der Waals surface area contributed by atoms with Crippen LogP contribution in [0.3, 0.4) is 0 Å². The molecule has 0 radical (unpaired) electrons. The number of nitrogens with one attached hydrogen (secondary N) is 1. The highest BCUT2D eigenvalue weighted by atomic mass is 32.2. The van der Waals surface area contributed by atoms with E-state index in [9.17, 15) is 14.0 Å². The van der Waals surface area contributed by atoms with Gasteiger partial charge in [0.25, 0.3) is 11.8 Å². The van der Waals surface area contributed by atoms with Gasteiger partial charge in [0.1, 0.15) is 11.6 Å². The average Bonchev–Trinajstić information content (AvgIpc) is 3.31. The highest BCUT2D eigenvalue weighted by Gasteiger charge is 2.34. The van der Waals surface area contributed by atoms with E-state index < -0.39 is 11.7 Å². The Hall–Kier alpha value is -5.09. The van der Waals surface area contributed by atoms with Crippen molar-refractivity contribution in [3.63, 3.8) is 0 Å². The van der Waals surface area contributed by atoms with Crippen LogP contribution in [-0.2, 0) is 16.1 Å². The summed E-state index contributed by atoms with van der Waals surface area (Å²) in [5.41, 5.74) is 2.62. The Kier molecular flexibility index (Phi) is 9.38. The Bertz CT molecular complexity index is 1660. The molecule has 5 rings (SSSR count). The number of para-hydroxylation sites is 2. The highest BCUT2D eigenvalue weighted by Crippen LogP contribution is 2.39. The lowest BCUT2D eigenvalue weighted by Crippen LogP contribution is -2.28. The smallest absolute Gasteiger partial charge is 0.267 e. The normalized spacial score (nSPS) is 14.7. The number of halogens is 1. The molecule has 1 heterocycles. The van der Waals surface area contributed by atoms with Gasteiger partial charge in [0.2, 0.25) is 0 Å². The maximum atomic E-state index is 13.8. The van der Waals surface area contributed by atoms with E-state index in [4.69, 9.17) is 19.2 Å². The second-order valence-corrected chi connectivity index (χ2v) is 10.3. The molecule has 4 aromatic rings. The summed E-state index contributed by atoms with van der Waals surface area (Å²) in [4.78, 5) is 33.2. The van der Waals surface area contributed by atoms with Gasteiger partial charge in [-0.25, -0.2) is 9.38 Å². The van der Waals surface area contributed by atoms with Gasteiger partial charge in [-0.3, -0.25) is 14.5 Å². The fourth-order valence-electron chi connectivity index (χ4n) is 4.23. The topological polar surface area (TPSA) is 89.5 Å². The van der Waals surface area contributed by atoms with Crippen LogP contribution in [0.2, 0.25) is 0 Å². The number of hydrogen-bond donors (Lipinski definition) is 1. The third-order valence-electron chi connectivity index (χ3n) is 6.36. The molecule has 0 aliphatic carbocycles. The molecule has 10 heteroatoms. The Labute approximate surface area is 252 Å². The number of anilines is 1. The minimum Gasteiger partial charge on any atom is -0.497 e. The molecule has 0 unspecified atom stereocenters. The zero-order chi connectivity index (χ0) is 30.2. The first-order chi connectivity index (χ1) is 20.9. The molecule has 0 bridgehead atoms. The van der Waals surface area contributed by atoms with Crippen LogP contribution in [0.4, 0.5) is 15.8 Å². The number of methoxy groups -OCH3 is 2. The van der Waals surface area contributed by atoms with E-state index in [1.165, 1.54) is 43.1 Å². The molecular formula is C33H28FN3O5S. The van der Waals surface area contributed by atoms with Crippen LogP contribution in [0.15, 0.2) is 107 Å². The number of carbonyl (C=O) groups excluding carboxylic acids is 2. The number of amides is 2. The first-order valence-electron chi connectivity index (χ1n) is 13.3. The second-order valence-electron chi connectivity index (χ2n) is 9.30. The second kappa shape index (κ2) is 13.7. The number of amidine groups is 1. The zero-order valence-corrected chi connectivity index (χ0v) is 24.3. The summed E-state index contributed by atoms with van der Waals surface area (Å²) < 4.78 is 29.9. The molecule has 1 aliphatic heterocycles. The van der Waals surface area contributed by atoms with Crippen molar-refractivity contribution in [1.82, 2.24) is 4.90 Å². The molecule has 218 valence electrons. The third-order valence-corrected chi connectivity index (χ3v) is 7.37. The van der Waals surface area contributed by atoms with Gasteiger partial charge in [0, 0.05) is 11.3 Å². The molecule has 4 aromatic carbocycles. The molecule has 0 atom stereocenters. The van der Waals surface area contributed by atoms with Gasteiger partial charge in [-0.1, -0.05) is 42.5 Å². The van der Waals surface area contributed by atoms with Crippen molar-refractivity contribution in [2.45, 2.75) is 6.54 Å². The van der Waals surface area contributed by atoms with Crippen molar-refractivity contribution in [3.05, 3.63) is 119 Å². The van der Waals surface area contributed by atoms with E-state index in [0.29, 0.717) is 39.4 Å². The summed E-state index contributed by atoms with van der Waals surface area (Å²) in [6.07, 6.45) is 1.71. The van der Waals surface area contributed by atoms with Crippen LogP contribution in [0.25, 0.3) is 6.08 Å². The summed E-state index contributed by atoms with van der Waals surface area (Å²) in [6.45, 7) is -0.0246. The van der Waals surface area contributed by atoms with Crippen molar-refractivity contribution in [1.29, 1.82) is 0 Å². The number of rotatable bonds is 10. The van der Waals surface area contributed by atoms with E-state index in [-0.39, 0.29) is 12.5 Å². The van der Waals surface area contributed by atoms with E-state index in [1.54, 1.807) is 36.3 Å². The van der Waals surface area contributed by atoms with Crippen molar-refractivity contribution in [3.8, 4) is 17.2 Å². The monoisotopic (exact) mass is 597 g/mol. The molecule has 8 nitrogen and oxygen atoms in total. The number of benzene rings is 4. The number of thioether (sulfide) groups is 1. The summed E-state index contributed by atoms with van der Waals surface area (Å²) in [7, 11) is 3.10. The molecule has 0 saturated carbocycles. The number of nitrogens with zero attached hydrogens (tertiary/aromatic N) is 2. The summed E-state index contributed by atoms with van der Waals surface area (Å²) in [5, 5.41) is 3.20. The lowest BCUT2D eigenvalue weighted by Gasteiger charge is -2.16. The van der Waals surface area contributed by atoms with Crippen molar-refractivity contribution in [2.75, 3.05) is 26.1 Å². The van der Waals surface area contributed by atoms with Gasteiger partial charge in [0.05, 0.1) is 31.4 Å². The maximum Gasteiger partial charge on any atom is 0.267 e. The first-order valence-corrected chi connectivity index (χ1v) is 14.1. The van der Waals surface area contributed by atoms with E-state index in [2.05, 4.69) is 5.32 Å². The van der Waals surface area contributed by atoms with Crippen molar-refractivity contribution >= 4 is 46.2 Å². The molecule has 2 amide bonds. The molecule has 0 spiro atoms. The molecule has 1 aliphatic rings. The molecule has 1 N–H and O–H groups in total. The third kappa shape index (κ3) is 7.41. The predicted octanol–water partition coefficient (Wildman–Crippen LogP) is 6.66. The Morgan fingerprint density at radius 2 is 1.67 bits per heavy atom. The number of ether oxygens (including phenoxy) is 3. The minimum absolute atomic E-state index is 0.224. The lowest BCUT2D eigenvalue weighted by molar-refractivity contribution is -0.122. The van der Waals surface area contributed by atoms with Gasteiger partial charge < -0.3 is 19.5 Å². The summed E-state index contributed by atoms with van der Waals surface area (Å²) in [5.74, 6) is 0.355. The van der Waals surface area contributed by atoms with Crippen LogP contribution >= 0.6 is 11.8 Å². The van der Waals surface area contributed by atoms with E-state index in [0.717, 1.165) is 17.0 Å². The van der Waals surface area contributed by atoms with Gasteiger partial charge in [-0.15, -0.1) is 0 Å². The zero-order valence-electron chi connectivity index (χ0n) is 23.5. The predicted molar refractivity (Wildman–Crippen MR) is 166 cm³/mol. The fraction of sp³-hybridized carbons (Fsp3) is 0.121. The van der Waals surface area contributed by atoms with Gasteiger partial charge in [-0.2, -0.15) is 0 Å². The van der Waals surface area contributed by atoms with Crippen LogP contribution in [0.1, 0.15) is 11.1 Å². The summed E-state index contributed by atoms with van der Waals surface area (Å²) >= 11 is 1.25. The summed E-state index contributed by atoms with van der Waals surface area (Å²) in [6, 6.07) is 27.6. The Morgan fingerprint density at radius 3 is 2.37 bits per heavy atom. The van der Waals surface area contributed by atoms with Crippen LogP contribution in [-0.4, -0.2) is 42.7 Å². The van der Waals surface area contributed by atoms with E-state index in [1.807, 2.05) is 54.6 Å². The van der Waals surface area contributed by atoms with Crippen molar-refractivity contribution in [2.24, 2.45) is 4.99 Å². The van der Waals surface area contributed by atoms with Crippen LogP contribution < -0.4 is 19.5 Å². The molecule has 43 heavy (non-hydrogen) atoms. The Balaban J connectivity index is 1.41. The SMILES string of the molecule is COc1ccc(CN2C(=O)/C(=C/c3cccc(OC)c3OCC(=O)Nc3ccc(F)cc3)SC2=Nc2ccccc2)cc1. The van der Waals surface area contributed by atoms with Crippen LogP contribution in [0, 0.1) is 5.82 Å². The fourth-order valence-corrected chi connectivity index (χ4v) is 5.22. The minimum atomic E-state index is -0.439. The molecule has 1 fully saturated rings. The number of carbonyl (C=O) groups is 2. The number of hydrogen-bond acceptors (Lipinski definition) is 7. The van der Waals surface area contributed by atoms with Gasteiger partial charge in [0.15, 0.2) is 23.3 Å². The maximum absolute atomic E-state index is 13.8. The number of aliphatic imine (C=N–C) groups is 1. The van der Waals surface area contributed by atoms with E-state index >= 15 is 0 Å².